The maximum atomic E-state index is 12.1. The first kappa shape index (κ1) is 15.8. The lowest BCUT2D eigenvalue weighted by Crippen LogP contribution is -2.24. The third kappa shape index (κ3) is 2.88. The van der Waals surface area contributed by atoms with Crippen molar-refractivity contribution in [3.8, 4) is 11.1 Å². The lowest BCUT2D eigenvalue weighted by molar-refractivity contribution is 0.121. The first-order valence-corrected chi connectivity index (χ1v) is 7.39. The third-order valence-electron chi connectivity index (χ3n) is 4.00. The number of benzene rings is 2. The van der Waals surface area contributed by atoms with Crippen molar-refractivity contribution >= 4 is 17.8 Å². The van der Waals surface area contributed by atoms with Crippen LogP contribution in [0, 0.1) is 0 Å². The summed E-state index contributed by atoms with van der Waals surface area (Å²) in [5.41, 5.74) is 5.53. The van der Waals surface area contributed by atoms with E-state index >= 15 is 0 Å². The summed E-state index contributed by atoms with van der Waals surface area (Å²) in [5, 5.41) is 5.20. The molecule has 0 aromatic heterocycles. The Bertz CT molecular complexity index is 794. The number of anilines is 1. The summed E-state index contributed by atoms with van der Waals surface area (Å²) in [5.74, 6) is -0.222. The molecule has 3 rings (SSSR count). The molecule has 0 bridgehead atoms. The minimum Gasteiger partial charge on any atom is -0.447 e. The number of fused-ring (bicyclic) bond motifs is 3. The van der Waals surface area contributed by atoms with Crippen molar-refractivity contribution < 1.29 is 18.8 Å². The van der Waals surface area contributed by atoms with Crippen LogP contribution in [-0.4, -0.2) is 25.8 Å². The highest BCUT2D eigenvalue weighted by Crippen LogP contribution is 2.45. The van der Waals surface area contributed by atoms with Crippen LogP contribution in [0.1, 0.15) is 17.0 Å². The molecule has 124 valence electrons. The molecular weight excluding hydrogens is 313 g/mol. The van der Waals surface area contributed by atoms with Gasteiger partial charge in [0, 0.05) is 18.7 Å². The summed E-state index contributed by atoms with van der Waals surface area (Å²) in [4.78, 5) is 22.6. The van der Waals surface area contributed by atoms with Gasteiger partial charge in [-0.3, -0.25) is 0 Å². The molecule has 1 unspecified atom stereocenters. The Kier molecular flexibility index (Phi) is 4.33. The van der Waals surface area contributed by atoms with E-state index < -0.39 is 6.09 Å². The van der Waals surface area contributed by atoms with E-state index in [9.17, 15) is 14.1 Å². The zero-order valence-electron chi connectivity index (χ0n) is 12.9. The van der Waals surface area contributed by atoms with Crippen LogP contribution < -0.4 is 16.2 Å². The third-order valence-corrected chi connectivity index (χ3v) is 4.00. The Balaban J connectivity index is 1.96. The molecule has 0 radical (unpaired) electrons. The maximum absolute atomic E-state index is 12.1. The monoisotopic (exact) mass is 329 g/mol. The van der Waals surface area contributed by atoms with E-state index in [-0.39, 0.29) is 18.6 Å². The summed E-state index contributed by atoms with van der Waals surface area (Å²) in [6, 6.07) is 13.0. The second kappa shape index (κ2) is 6.57. The molecule has 0 saturated carbocycles. The van der Waals surface area contributed by atoms with Gasteiger partial charge in [0.25, 0.3) is 0 Å². The van der Waals surface area contributed by atoms with Gasteiger partial charge in [-0.2, -0.15) is 5.54 Å². The Morgan fingerprint density at radius 1 is 1.12 bits per heavy atom. The number of hydrogen-bond acceptors (Lipinski definition) is 3. The van der Waals surface area contributed by atoms with Crippen LogP contribution in [0.2, 0.25) is 0 Å². The summed E-state index contributed by atoms with van der Waals surface area (Å²) in [6.07, 6.45) is -1.12. The highest BCUT2D eigenvalue weighted by atomic mass is 19.2. The first-order valence-electron chi connectivity index (χ1n) is 7.39. The van der Waals surface area contributed by atoms with Gasteiger partial charge in [0.2, 0.25) is 0 Å². The van der Waals surface area contributed by atoms with Gasteiger partial charge < -0.3 is 15.4 Å². The van der Waals surface area contributed by atoms with Crippen LogP contribution in [0.5, 0.6) is 0 Å². The smallest absolute Gasteiger partial charge is 0.435 e. The number of hydrogen-bond donors (Lipinski definition) is 3. The number of rotatable bonds is 3. The molecule has 0 heterocycles. The molecule has 0 spiro atoms. The van der Waals surface area contributed by atoms with Crippen LogP contribution in [0.3, 0.4) is 0 Å². The molecule has 2 aromatic rings. The SMILES string of the molecule is CNC(=O)Nc1ccc2c(c1)C(COC(=O)NF)c1ccccc1-2. The Morgan fingerprint density at radius 2 is 1.88 bits per heavy atom. The van der Waals surface area contributed by atoms with E-state index in [2.05, 4.69) is 10.6 Å². The summed E-state index contributed by atoms with van der Waals surface area (Å²) < 4.78 is 17.0. The van der Waals surface area contributed by atoms with Crippen molar-refractivity contribution in [1.29, 1.82) is 0 Å². The maximum Gasteiger partial charge on any atom is 0.435 e. The molecule has 3 N–H and O–H groups in total. The second-order valence-electron chi connectivity index (χ2n) is 5.34. The fourth-order valence-electron chi connectivity index (χ4n) is 2.95. The van der Waals surface area contributed by atoms with Gasteiger partial charge in [0.15, 0.2) is 0 Å². The van der Waals surface area contributed by atoms with Crippen molar-refractivity contribution in [3.05, 3.63) is 53.6 Å². The Hall–Kier alpha value is -3.09. The molecule has 1 aliphatic carbocycles. The summed E-state index contributed by atoms with van der Waals surface area (Å²) >= 11 is 0. The van der Waals surface area contributed by atoms with E-state index in [1.807, 2.05) is 42.5 Å². The molecule has 1 aliphatic rings. The van der Waals surface area contributed by atoms with Crippen LogP contribution in [-0.2, 0) is 4.74 Å². The second-order valence-corrected chi connectivity index (χ2v) is 5.34. The van der Waals surface area contributed by atoms with E-state index in [1.165, 1.54) is 7.05 Å². The molecule has 3 amide bonds. The van der Waals surface area contributed by atoms with Crippen molar-refractivity contribution in [2.24, 2.45) is 0 Å². The fourth-order valence-corrected chi connectivity index (χ4v) is 2.95. The predicted molar refractivity (Wildman–Crippen MR) is 87.4 cm³/mol. The number of urea groups is 1. The average molecular weight is 329 g/mol. The molecule has 0 saturated heterocycles. The average Bonchev–Trinajstić information content (AvgIpc) is 2.92. The van der Waals surface area contributed by atoms with E-state index in [0.29, 0.717) is 5.69 Å². The highest BCUT2D eigenvalue weighted by molar-refractivity contribution is 5.90. The topological polar surface area (TPSA) is 79.5 Å². The molecule has 2 aromatic carbocycles. The largest absolute Gasteiger partial charge is 0.447 e. The predicted octanol–water partition coefficient (Wildman–Crippen LogP) is 3.16. The van der Waals surface area contributed by atoms with Gasteiger partial charge in [0.05, 0.1) is 0 Å². The number of carbonyl (C=O) groups is 2. The molecule has 1 atom stereocenters. The van der Waals surface area contributed by atoms with Gasteiger partial charge in [-0.15, -0.1) is 0 Å². The van der Waals surface area contributed by atoms with Gasteiger partial charge in [0.1, 0.15) is 6.61 Å². The van der Waals surface area contributed by atoms with E-state index in [4.69, 9.17) is 4.74 Å². The number of halogens is 1. The fraction of sp³-hybridized carbons (Fsp3) is 0.176. The molecule has 24 heavy (non-hydrogen) atoms. The number of amides is 3. The lowest BCUT2D eigenvalue weighted by atomic mass is 9.97. The Labute approximate surface area is 137 Å². The molecule has 0 fully saturated rings. The van der Waals surface area contributed by atoms with Gasteiger partial charge in [-0.1, -0.05) is 34.8 Å². The van der Waals surface area contributed by atoms with Crippen LogP contribution in [0.25, 0.3) is 11.1 Å². The van der Waals surface area contributed by atoms with Crippen molar-refractivity contribution in [1.82, 2.24) is 10.9 Å². The number of nitrogens with one attached hydrogen (secondary N) is 3. The zero-order valence-corrected chi connectivity index (χ0v) is 12.9. The summed E-state index contributed by atoms with van der Waals surface area (Å²) in [7, 11) is 1.53. The van der Waals surface area contributed by atoms with Crippen molar-refractivity contribution in [2.45, 2.75) is 5.92 Å². The molecule has 7 heteroatoms. The molecular formula is C17H16FN3O3. The first-order chi connectivity index (χ1) is 11.6. The van der Waals surface area contributed by atoms with Gasteiger partial charge in [-0.25, -0.2) is 9.59 Å². The molecule has 6 nitrogen and oxygen atoms in total. The van der Waals surface area contributed by atoms with Crippen LogP contribution in [0.4, 0.5) is 19.8 Å². The minimum absolute atomic E-state index is 0.00317. The van der Waals surface area contributed by atoms with Crippen LogP contribution >= 0.6 is 0 Å². The minimum atomic E-state index is -1.12. The summed E-state index contributed by atoms with van der Waals surface area (Å²) in [6.45, 7) is 0.00317. The standard InChI is InChI=1S/C17H16FN3O3/c1-19-16(22)20-10-6-7-13-11-4-2-3-5-12(11)15(14(13)8-10)9-24-17(23)21-18/h2-8,15H,9H2,1H3,(H,21,23)(H2,19,20,22). The Morgan fingerprint density at radius 3 is 2.62 bits per heavy atom. The zero-order chi connectivity index (χ0) is 17.1. The quantitative estimate of drug-likeness (QED) is 0.757. The van der Waals surface area contributed by atoms with Gasteiger partial charge in [-0.05, 0) is 34.4 Å². The number of ether oxygens (including phenoxy) is 1. The van der Waals surface area contributed by atoms with E-state index in [1.54, 1.807) is 0 Å². The molecule has 0 aliphatic heterocycles. The normalized spacial score (nSPS) is 14.3. The lowest BCUT2D eigenvalue weighted by Gasteiger charge is -2.14. The highest BCUT2D eigenvalue weighted by Gasteiger charge is 2.29. The van der Waals surface area contributed by atoms with Crippen LogP contribution in [0.15, 0.2) is 42.5 Å². The number of carbonyl (C=O) groups excluding carboxylic acids is 2. The van der Waals surface area contributed by atoms with Crippen molar-refractivity contribution in [2.75, 3.05) is 19.0 Å². The van der Waals surface area contributed by atoms with E-state index in [0.717, 1.165) is 27.8 Å². The van der Waals surface area contributed by atoms with Gasteiger partial charge >= 0.3 is 12.1 Å². The van der Waals surface area contributed by atoms with Crippen molar-refractivity contribution in [3.63, 3.8) is 0 Å².